The van der Waals surface area contributed by atoms with Gasteiger partial charge in [0.25, 0.3) is 0 Å². The van der Waals surface area contributed by atoms with E-state index in [1.54, 1.807) is 0 Å². The highest BCUT2D eigenvalue weighted by Gasteiger charge is 2.28. The zero-order chi connectivity index (χ0) is 18.1. The molecule has 0 radical (unpaired) electrons. The average molecular weight is 371 g/mol. The summed E-state index contributed by atoms with van der Waals surface area (Å²) in [5.74, 6) is 2.66. The summed E-state index contributed by atoms with van der Waals surface area (Å²) >= 11 is 5.98. The van der Waals surface area contributed by atoms with Crippen LogP contribution in [0.4, 0.5) is 0 Å². The molecule has 1 aliphatic rings. The maximum Gasteiger partial charge on any atom is 0.226 e. The summed E-state index contributed by atoms with van der Waals surface area (Å²) in [4.78, 5) is 11.8. The maximum absolute atomic E-state index is 5.98. The Bertz CT molecular complexity index is 884. The summed E-state index contributed by atoms with van der Waals surface area (Å²) in [5.41, 5.74) is 1.94. The number of nitrogens with zero attached hydrogens (tertiary/aromatic N) is 4. The van der Waals surface area contributed by atoms with E-state index in [9.17, 15) is 0 Å². The van der Waals surface area contributed by atoms with Crippen LogP contribution in [0.1, 0.15) is 42.6 Å². The topological polar surface area (TPSA) is 47.1 Å². The molecule has 1 aliphatic heterocycles. The number of piperidine rings is 1. The molecule has 3 heterocycles. The zero-order valence-electron chi connectivity index (χ0n) is 15.2. The largest absolute Gasteiger partial charge is 0.441 e. The first-order valence-corrected chi connectivity index (χ1v) is 9.43. The average Bonchev–Trinajstić information content (AvgIpc) is 3.22. The van der Waals surface area contributed by atoms with E-state index < -0.39 is 0 Å². The van der Waals surface area contributed by atoms with Gasteiger partial charge in [0, 0.05) is 36.6 Å². The van der Waals surface area contributed by atoms with Crippen LogP contribution >= 0.6 is 11.6 Å². The van der Waals surface area contributed by atoms with Crippen molar-refractivity contribution in [2.45, 2.75) is 38.8 Å². The fraction of sp³-hybridized carbons (Fsp3) is 0.400. The molecule has 0 spiro atoms. The second-order valence-corrected chi connectivity index (χ2v) is 7.34. The lowest BCUT2D eigenvalue weighted by molar-refractivity contribution is 0.129. The SMILES string of the molecule is Cc1oc(-c2ccc(Cl)cc2)nc1CN1CCCCC1c1nccn1C. The fourth-order valence-corrected chi connectivity index (χ4v) is 3.78. The summed E-state index contributed by atoms with van der Waals surface area (Å²) in [6.07, 6.45) is 7.47. The Kier molecular flexibility index (Phi) is 4.83. The third kappa shape index (κ3) is 3.41. The minimum atomic E-state index is 0.332. The number of hydrogen-bond acceptors (Lipinski definition) is 4. The molecule has 1 fully saturated rings. The van der Waals surface area contributed by atoms with Gasteiger partial charge in [-0.3, -0.25) is 4.90 Å². The van der Waals surface area contributed by atoms with Crippen LogP contribution in [0.2, 0.25) is 5.02 Å². The van der Waals surface area contributed by atoms with Crippen molar-refractivity contribution in [3.63, 3.8) is 0 Å². The number of halogens is 1. The Labute approximate surface area is 158 Å². The van der Waals surface area contributed by atoms with Gasteiger partial charge in [0.1, 0.15) is 11.6 Å². The Balaban J connectivity index is 1.58. The van der Waals surface area contributed by atoms with Gasteiger partial charge in [0.05, 0.1) is 11.7 Å². The summed E-state index contributed by atoms with van der Waals surface area (Å²) in [6, 6.07) is 7.93. The van der Waals surface area contributed by atoms with Gasteiger partial charge in [-0.25, -0.2) is 9.97 Å². The van der Waals surface area contributed by atoms with Crippen LogP contribution in [-0.2, 0) is 13.6 Å². The van der Waals surface area contributed by atoms with Gasteiger partial charge >= 0.3 is 0 Å². The van der Waals surface area contributed by atoms with Gasteiger partial charge in [-0.1, -0.05) is 18.0 Å². The standard InChI is InChI=1S/C20H23ClN4O/c1-14-17(23-20(26-14)15-6-8-16(21)9-7-15)13-25-11-4-3-5-18(25)19-22-10-12-24(19)2/h6-10,12,18H,3-5,11,13H2,1-2H3. The minimum Gasteiger partial charge on any atom is -0.441 e. The van der Waals surface area contributed by atoms with E-state index in [2.05, 4.69) is 21.5 Å². The van der Waals surface area contributed by atoms with Crippen LogP contribution in [0.25, 0.3) is 11.5 Å². The molecule has 1 aromatic carbocycles. The van der Waals surface area contributed by atoms with E-state index in [0.29, 0.717) is 17.0 Å². The molecular weight excluding hydrogens is 348 g/mol. The van der Waals surface area contributed by atoms with Crippen LogP contribution in [-0.4, -0.2) is 26.0 Å². The molecule has 5 nitrogen and oxygen atoms in total. The van der Waals surface area contributed by atoms with Crippen molar-refractivity contribution in [1.29, 1.82) is 0 Å². The summed E-state index contributed by atoms with van der Waals surface area (Å²) < 4.78 is 8.05. The smallest absolute Gasteiger partial charge is 0.226 e. The number of likely N-dealkylation sites (tertiary alicyclic amines) is 1. The van der Waals surface area contributed by atoms with E-state index in [1.165, 1.54) is 12.8 Å². The first-order chi connectivity index (χ1) is 12.6. The predicted molar refractivity (Wildman–Crippen MR) is 102 cm³/mol. The van der Waals surface area contributed by atoms with E-state index in [1.807, 2.05) is 43.6 Å². The van der Waals surface area contributed by atoms with Crippen LogP contribution in [0.3, 0.4) is 0 Å². The first-order valence-electron chi connectivity index (χ1n) is 9.05. The second kappa shape index (κ2) is 7.25. The molecular formula is C20H23ClN4O. The molecule has 0 N–H and O–H groups in total. The molecule has 0 saturated carbocycles. The van der Waals surface area contributed by atoms with Gasteiger partial charge < -0.3 is 8.98 Å². The Hall–Kier alpha value is -2.11. The van der Waals surface area contributed by atoms with Gasteiger partial charge in [-0.05, 0) is 50.6 Å². The number of rotatable bonds is 4. The number of aryl methyl sites for hydroxylation is 2. The number of hydrogen-bond donors (Lipinski definition) is 0. The lowest BCUT2D eigenvalue weighted by Crippen LogP contribution is -2.34. The van der Waals surface area contributed by atoms with Crippen molar-refractivity contribution in [3.05, 3.63) is 59.0 Å². The maximum atomic E-state index is 5.98. The van der Waals surface area contributed by atoms with Crippen molar-refractivity contribution in [2.24, 2.45) is 7.05 Å². The van der Waals surface area contributed by atoms with Crippen molar-refractivity contribution >= 4 is 11.6 Å². The molecule has 0 bridgehead atoms. The van der Waals surface area contributed by atoms with E-state index in [0.717, 1.165) is 42.4 Å². The van der Waals surface area contributed by atoms with Crippen molar-refractivity contribution in [3.8, 4) is 11.5 Å². The van der Waals surface area contributed by atoms with Crippen LogP contribution in [0, 0.1) is 6.92 Å². The Morgan fingerprint density at radius 1 is 1.23 bits per heavy atom. The second-order valence-electron chi connectivity index (χ2n) is 6.91. The van der Waals surface area contributed by atoms with Crippen LogP contribution in [0.15, 0.2) is 41.1 Å². The third-order valence-corrected chi connectivity index (χ3v) is 5.36. The molecule has 1 atom stereocenters. The molecule has 26 heavy (non-hydrogen) atoms. The molecule has 4 rings (SSSR count). The highest BCUT2D eigenvalue weighted by molar-refractivity contribution is 6.30. The van der Waals surface area contributed by atoms with Crippen LogP contribution in [0.5, 0.6) is 0 Å². The predicted octanol–water partition coefficient (Wildman–Crippen LogP) is 4.76. The normalized spacial score (nSPS) is 18.3. The Morgan fingerprint density at radius 2 is 2.04 bits per heavy atom. The fourth-order valence-electron chi connectivity index (χ4n) is 3.65. The molecule has 0 aliphatic carbocycles. The Morgan fingerprint density at radius 3 is 2.77 bits per heavy atom. The molecule has 1 unspecified atom stereocenters. The highest BCUT2D eigenvalue weighted by Crippen LogP contribution is 2.32. The number of benzene rings is 1. The lowest BCUT2D eigenvalue weighted by Gasteiger charge is -2.34. The molecule has 6 heteroatoms. The monoisotopic (exact) mass is 370 g/mol. The van der Waals surface area contributed by atoms with Crippen molar-refractivity contribution < 1.29 is 4.42 Å². The van der Waals surface area contributed by atoms with E-state index >= 15 is 0 Å². The summed E-state index contributed by atoms with van der Waals surface area (Å²) in [6.45, 7) is 3.82. The third-order valence-electron chi connectivity index (χ3n) is 5.11. The molecule has 0 amide bonds. The van der Waals surface area contributed by atoms with Gasteiger partial charge in [0.15, 0.2) is 0 Å². The van der Waals surface area contributed by atoms with Crippen molar-refractivity contribution in [1.82, 2.24) is 19.4 Å². The minimum absolute atomic E-state index is 0.332. The number of oxazole rings is 1. The van der Waals surface area contributed by atoms with Crippen molar-refractivity contribution in [2.75, 3.05) is 6.54 Å². The summed E-state index contributed by atoms with van der Waals surface area (Å²) in [7, 11) is 2.06. The molecule has 136 valence electrons. The van der Waals surface area contributed by atoms with Crippen LogP contribution < -0.4 is 0 Å². The first kappa shape index (κ1) is 17.3. The number of imidazole rings is 1. The van der Waals surface area contributed by atoms with Gasteiger partial charge in [-0.2, -0.15) is 0 Å². The quantitative estimate of drug-likeness (QED) is 0.664. The molecule has 1 saturated heterocycles. The summed E-state index contributed by atoms with van der Waals surface area (Å²) in [5, 5.41) is 0.712. The number of aromatic nitrogens is 3. The van der Waals surface area contributed by atoms with E-state index in [4.69, 9.17) is 21.0 Å². The lowest BCUT2D eigenvalue weighted by atomic mass is 10.0. The molecule has 2 aromatic heterocycles. The molecule has 3 aromatic rings. The highest BCUT2D eigenvalue weighted by atomic mass is 35.5. The van der Waals surface area contributed by atoms with Gasteiger partial charge in [0.2, 0.25) is 5.89 Å². The van der Waals surface area contributed by atoms with Gasteiger partial charge in [-0.15, -0.1) is 0 Å². The zero-order valence-corrected chi connectivity index (χ0v) is 15.9. The van der Waals surface area contributed by atoms with E-state index in [-0.39, 0.29) is 0 Å².